The minimum absolute atomic E-state index is 0.00778. The lowest BCUT2D eigenvalue weighted by atomic mass is 10.4. The average Bonchev–Trinajstić information content (AvgIpc) is 2.59. The summed E-state index contributed by atoms with van der Waals surface area (Å²) in [4.78, 5) is 0. The lowest BCUT2D eigenvalue weighted by molar-refractivity contribution is 0.121. The highest BCUT2D eigenvalue weighted by molar-refractivity contribution is 9.09. The Labute approximate surface area is 122 Å². The van der Waals surface area contributed by atoms with Crippen molar-refractivity contribution >= 4 is 48.9 Å². The lowest BCUT2D eigenvalue weighted by Gasteiger charge is -2.19. The van der Waals surface area contributed by atoms with E-state index in [9.17, 15) is 17.2 Å². The smallest absolute Gasteiger partial charge is 0.209 e. The van der Waals surface area contributed by atoms with Crippen LogP contribution >= 0.6 is 38.9 Å². The second-order valence-electron chi connectivity index (χ2n) is 3.47. The first-order valence-corrected chi connectivity index (χ1v) is 8.65. The molecule has 18 heavy (non-hydrogen) atoms. The fraction of sp³-hybridized carbons (Fsp3) is 0.556. The number of alkyl halides is 3. The zero-order valence-corrected chi connectivity index (χ0v) is 13.3. The molecule has 104 valence electrons. The van der Waals surface area contributed by atoms with Gasteiger partial charge in [-0.2, -0.15) is 4.31 Å². The summed E-state index contributed by atoms with van der Waals surface area (Å²) in [6.45, 7) is 0.837. The fourth-order valence-corrected chi connectivity index (χ4v) is 5.19. The molecule has 0 aromatic carbocycles. The Bertz CT molecular complexity index is 487. The Morgan fingerprint density at radius 3 is 2.56 bits per heavy atom. The van der Waals surface area contributed by atoms with Crippen LogP contribution in [0.2, 0.25) is 4.34 Å². The van der Waals surface area contributed by atoms with E-state index in [1.807, 2.05) is 0 Å². The lowest BCUT2D eigenvalue weighted by Crippen LogP contribution is -2.36. The summed E-state index contributed by atoms with van der Waals surface area (Å²) in [7, 11) is -3.90. The zero-order chi connectivity index (χ0) is 13.9. The molecule has 0 spiro atoms. The predicted octanol–water partition coefficient (Wildman–Crippen LogP) is 3.36. The van der Waals surface area contributed by atoms with Crippen LogP contribution in [0.25, 0.3) is 0 Å². The second-order valence-corrected chi connectivity index (χ2v) is 8.08. The van der Waals surface area contributed by atoms with Gasteiger partial charge in [-0.05, 0) is 18.6 Å². The zero-order valence-electron chi connectivity index (χ0n) is 9.37. The Morgan fingerprint density at radius 1 is 1.56 bits per heavy atom. The molecule has 9 heteroatoms. The number of thiophene rings is 1. The monoisotopic (exact) mass is 381 g/mol. The minimum Gasteiger partial charge on any atom is -0.209 e. The van der Waals surface area contributed by atoms with Gasteiger partial charge in [0.2, 0.25) is 0 Å². The van der Waals surface area contributed by atoms with Crippen LogP contribution in [0.4, 0.5) is 8.78 Å². The van der Waals surface area contributed by atoms with Gasteiger partial charge < -0.3 is 0 Å². The van der Waals surface area contributed by atoms with Crippen LogP contribution in [0.5, 0.6) is 0 Å². The van der Waals surface area contributed by atoms with Crippen LogP contribution in [-0.2, 0) is 10.0 Å². The van der Waals surface area contributed by atoms with Crippen molar-refractivity contribution in [3.05, 3.63) is 16.0 Å². The van der Waals surface area contributed by atoms with Crippen molar-refractivity contribution in [2.24, 2.45) is 0 Å². The number of rotatable bonds is 6. The van der Waals surface area contributed by atoms with Crippen molar-refractivity contribution in [1.82, 2.24) is 4.31 Å². The molecule has 0 atom stereocenters. The molecule has 0 saturated heterocycles. The van der Waals surface area contributed by atoms with E-state index in [1.54, 1.807) is 6.92 Å². The molecular weight excluding hydrogens is 372 g/mol. The van der Waals surface area contributed by atoms with Crippen molar-refractivity contribution in [2.45, 2.75) is 17.6 Å². The van der Waals surface area contributed by atoms with Gasteiger partial charge in [-0.1, -0.05) is 27.5 Å². The van der Waals surface area contributed by atoms with Crippen LogP contribution < -0.4 is 0 Å². The molecule has 0 unspecified atom stereocenters. The van der Waals surface area contributed by atoms with E-state index < -0.39 is 23.0 Å². The average molecular weight is 383 g/mol. The van der Waals surface area contributed by atoms with Gasteiger partial charge >= 0.3 is 0 Å². The van der Waals surface area contributed by atoms with E-state index >= 15 is 0 Å². The molecule has 0 radical (unpaired) electrons. The second kappa shape index (κ2) is 6.60. The molecule has 1 aromatic rings. The summed E-state index contributed by atoms with van der Waals surface area (Å²) in [5, 5.41) is 0.289. The normalized spacial score (nSPS) is 12.6. The summed E-state index contributed by atoms with van der Waals surface area (Å²) >= 11 is 9.73. The Kier molecular flexibility index (Phi) is 5.98. The first-order valence-electron chi connectivity index (χ1n) is 4.89. The van der Waals surface area contributed by atoms with Crippen LogP contribution in [0.3, 0.4) is 0 Å². The molecule has 1 rings (SSSR count). The third-order valence-electron chi connectivity index (χ3n) is 2.10. The van der Waals surface area contributed by atoms with E-state index in [-0.39, 0.29) is 16.1 Å². The van der Waals surface area contributed by atoms with Crippen LogP contribution in [0.15, 0.2) is 10.3 Å². The van der Waals surface area contributed by atoms with Gasteiger partial charge in [-0.25, -0.2) is 17.2 Å². The Morgan fingerprint density at radius 2 is 2.17 bits per heavy atom. The number of nitrogens with zero attached hydrogens (tertiary/aromatic N) is 1. The molecule has 0 aliphatic rings. The highest BCUT2D eigenvalue weighted by Gasteiger charge is 2.28. The van der Waals surface area contributed by atoms with Crippen LogP contribution in [0.1, 0.15) is 5.56 Å². The largest absolute Gasteiger partial charge is 0.252 e. The molecule has 0 amide bonds. The molecule has 3 nitrogen and oxygen atoms in total. The number of halogens is 4. The first kappa shape index (κ1) is 16.3. The van der Waals surface area contributed by atoms with E-state index in [4.69, 9.17) is 11.6 Å². The van der Waals surface area contributed by atoms with E-state index in [0.29, 0.717) is 9.90 Å². The molecule has 0 aliphatic heterocycles. The predicted molar refractivity (Wildman–Crippen MR) is 72.6 cm³/mol. The molecule has 0 saturated carbocycles. The van der Waals surface area contributed by atoms with Crippen LogP contribution in [0, 0.1) is 6.92 Å². The summed E-state index contributed by atoms with van der Waals surface area (Å²) in [5.41, 5.74) is 0.621. The van der Waals surface area contributed by atoms with Crippen molar-refractivity contribution in [3.8, 4) is 0 Å². The van der Waals surface area contributed by atoms with Crippen molar-refractivity contribution in [1.29, 1.82) is 0 Å². The van der Waals surface area contributed by atoms with Crippen molar-refractivity contribution in [2.75, 3.05) is 18.4 Å². The molecule has 0 N–H and O–H groups in total. The summed E-state index contributed by atoms with van der Waals surface area (Å²) in [6.07, 6.45) is -2.71. The van der Waals surface area contributed by atoms with Crippen molar-refractivity contribution < 1.29 is 17.2 Å². The summed E-state index contributed by atoms with van der Waals surface area (Å²) < 4.78 is 50.2. The molecule has 0 fully saturated rings. The van der Waals surface area contributed by atoms with Gasteiger partial charge in [0.05, 0.1) is 10.9 Å². The Hall–Kier alpha value is 0.240. The van der Waals surface area contributed by atoms with Crippen LogP contribution in [-0.4, -0.2) is 37.6 Å². The van der Waals surface area contributed by atoms with Gasteiger partial charge in [-0.3, -0.25) is 0 Å². The number of hydrogen-bond donors (Lipinski definition) is 0. The van der Waals surface area contributed by atoms with Gasteiger partial charge in [0.15, 0.2) is 0 Å². The standard InChI is InChI=1S/C9H11BrClF2NO2S2/c1-6-4-8(17-9(6)11)18(15,16)14(3-2-10)5-7(12)13/h4,7H,2-3,5H2,1H3. The quantitative estimate of drug-likeness (QED) is 0.708. The molecular formula is C9H11BrClF2NO2S2. The van der Waals surface area contributed by atoms with Gasteiger partial charge in [0.25, 0.3) is 16.4 Å². The number of aryl methyl sites for hydroxylation is 1. The topological polar surface area (TPSA) is 37.4 Å². The van der Waals surface area contributed by atoms with Gasteiger partial charge in [0.1, 0.15) is 4.21 Å². The maximum absolute atomic E-state index is 12.4. The van der Waals surface area contributed by atoms with Crippen molar-refractivity contribution in [3.63, 3.8) is 0 Å². The van der Waals surface area contributed by atoms with E-state index in [2.05, 4.69) is 15.9 Å². The maximum atomic E-state index is 12.4. The first-order chi connectivity index (χ1) is 8.28. The summed E-state index contributed by atoms with van der Waals surface area (Å²) in [5.74, 6) is 0. The highest BCUT2D eigenvalue weighted by Crippen LogP contribution is 2.32. The number of hydrogen-bond acceptors (Lipinski definition) is 3. The molecule has 0 aliphatic carbocycles. The third kappa shape index (κ3) is 3.86. The molecule has 1 aromatic heterocycles. The highest BCUT2D eigenvalue weighted by atomic mass is 79.9. The Balaban J connectivity index is 3.08. The maximum Gasteiger partial charge on any atom is 0.252 e. The summed E-state index contributed by atoms with van der Waals surface area (Å²) in [6, 6.07) is 1.40. The third-order valence-corrected chi connectivity index (χ3v) is 6.33. The van der Waals surface area contributed by atoms with Gasteiger partial charge in [0, 0.05) is 11.9 Å². The van der Waals surface area contributed by atoms with Gasteiger partial charge in [-0.15, -0.1) is 11.3 Å². The van der Waals surface area contributed by atoms with E-state index in [0.717, 1.165) is 15.6 Å². The number of sulfonamides is 1. The SMILES string of the molecule is Cc1cc(S(=O)(=O)N(CCBr)CC(F)F)sc1Cl. The fourth-order valence-electron chi connectivity index (χ4n) is 1.24. The minimum atomic E-state index is -3.90. The molecule has 1 heterocycles. The van der Waals surface area contributed by atoms with E-state index in [1.165, 1.54) is 6.07 Å². The molecule has 0 bridgehead atoms.